The molecular formula is C16H17NO5S. The molecule has 1 amide bonds. The van der Waals surface area contributed by atoms with Crippen LogP contribution in [-0.4, -0.2) is 21.4 Å². The van der Waals surface area contributed by atoms with Crippen LogP contribution in [0.25, 0.3) is 0 Å². The van der Waals surface area contributed by atoms with E-state index in [2.05, 4.69) is 0 Å². The largest absolute Gasteiger partial charge is 0.497 e. The number of hydrogen-bond acceptors (Lipinski definition) is 5. The number of rotatable bonds is 5. The monoisotopic (exact) mass is 335 g/mol. The van der Waals surface area contributed by atoms with Crippen molar-refractivity contribution in [3.8, 4) is 11.5 Å². The van der Waals surface area contributed by atoms with Gasteiger partial charge in [-0.25, -0.2) is 0 Å². The molecule has 0 spiro atoms. The van der Waals surface area contributed by atoms with Crippen molar-refractivity contribution in [2.45, 2.75) is 18.7 Å². The fraction of sp³-hybridized carbons (Fsp3) is 0.188. The lowest BCUT2D eigenvalue weighted by Crippen LogP contribution is -2.17. The summed E-state index contributed by atoms with van der Waals surface area (Å²) in [5.74, 6) is -0.613. The van der Waals surface area contributed by atoms with Gasteiger partial charge in [0.2, 0.25) is 0 Å². The van der Waals surface area contributed by atoms with E-state index >= 15 is 0 Å². The number of hydrogen-bond donors (Lipinski definition) is 1. The SMILES string of the molecule is COc1ccc(C(N)=O)c(OS(=O)(=O)c2cc(C)ccc2C)c1. The molecule has 23 heavy (non-hydrogen) atoms. The number of ether oxygens (including phenoxy) is 1. The molecule has 2 aromatic carbocycles. The van der Waals surface area contributed by atoms with E-state index in [1.165, 1.54) is 31.4 Å². The molecule has 0 fully saturated rings. The van der Waals surface area contributed by atoms with Gasteiger partial charge in [0.25, 0.3) is 5.91 Å². The molecule has 0 saturated carbocycles. The van der Waals surface area contributed by atoms with E-state index in [1.807, 2.05) is 0 Å². The quantitative estimate of drug-likeness (QED) is 0.845. The third-order valence-corrected chi connectivity index (χ3v) is 4.64. The van der Waals surface area contributed by atoms with E-state index in [1.54, 1.807) is 26.0 Å². The van der Waals surface area contributed by atoms with Crippen LogP contribution in [0.2, 0.25) is 0 Å². The molecule has 0 saturated heterocycles. The smallest absolute Gasteiger partial charge is 0.339 e. The Morgan fingerprint density at radius 3 is 2.39 bits per heavy atom. The molecule has 0 aliphatic rings. The van der Waals surface area contributed by atoms with E-state index in [0.29, 0.717) is 11.3 Å². The van der Waals surface area contributed by atoms with Crippen LogP contribution in [0, 0.1) is 13.8 Å². The molecule has 122 valence electrons. The van der Waals surface area contributed by atoms with E-state index in [-0.39, 0.29) is 16.2 Å². The van der Waals surface area contributed by atoms with E-state index in [9.17, 15) is 13.2 Å². The zero-order chi connectivity index (χ0) is 17.2. The third-order valence-electron chi connectivity index (χ3n) is 3.27. The molecular weight excluding hydrogens is 318 g/mol. The number of carbonyl (C=O) groups excluding carboxylic acids is 1. The maximum Gasteiger partial charge on any atom is 0.339 e. The number of aryl methyl sites for hydroxylation is 2. The standard InChI is InChI=1S/C16H17NO5S/c1-10-4-5-11(2)15(8-10)23(19,20)22-14-9-12(21-3)6-7-13(14)16(17)18/h4-9H,1-3H3,(H2,17,18). The highest BCUT2D eigenvalue weighted by atomic mass is 32.2. The Balaban J connectivity index is 2.52. The summed E-state index contributed by atoms with van der Waals surface area (Å²) in [6.45, 7) is 3.44. The molecule has 0 aliphatic carbocycles. The number of carbonyl (C=O) groups is 1. The second kappa shape index (κ2) is 6.29. The highest BCUT2D eigenvalue weighted by Crippen LogP contribution is 2.28. The Kier molecular flexibility index (Phi) is 4.60. The summed E-state index contributed by atoms with van der Waals surface area (Å²) in [4.78, 5) is 11.5. The van der Waals surface area contributed by atoms with Crippen LogP contribution in [0.3, 0.4) is 0 Å². The summed E-state index contributed by atoms with van der Waals surface area (Å²) in [7, 11) is -2.69. The van der Waals surface area contributed by atoms with Crippen molar-refractivity contribution in [1.82, 2.24) is 0 Å². The second-order valence-electron chi connectivity index (χ2n) is 5.03. The lowest BCUT2D eigenvalue weighted by molar-refractivity contribution is 0.0999. The predicted octanol–water partition coefficient (Wildman–Crippen LogP) is 2.18. The van der Waals surface area contributed by atoms with Crippen molar-refractivity contribution in [3.05, 3.63) is 53.1 Å². The molecule has 7 heteroatoms. The van der Waals surface area contributed by atoms with Gasteiger partial charge in [0.15, 0.2) is 5.75 Å². The minimum Gasteiger partial charge on any atom is -0.497 e. The highest BCUT2D eigenvalue weighted by Gasteiger charge is 2.23. The molecule has 0 heterocycles. The van der Waals surface area contributed by atoms with Gasteiger partial charge in [-0.1, -0.05) is 12.1 Å². The Labute approximate surface area is 135 Å². The summed E-state index contributed by atoms with van der Waals surface area (Å²) in [5, 5.41) is 0. The Morgan fingerprint density at radius 1 is 1.09 bits per heavy atom. The fourth-order valence-corrected chi connectivity index (χ4v) is 3.30. The van der Waals surface area contributed by atoms with Gasteiger partial charge in [0, 0.05) is 6.07 Å². The first-order valence-electron chi connectivity index (χ1n) is 6.74. The van der Waals surface area contributed by atoms with Crippen molar-refractivity contribution in [3.63, 3.8) is 0 Å². The van der Waals surface area contributed by atoms with Crippen molar-refractivity contribution in [2.24, 2.45) is 5.73 Å². The number of methoxy groups -OCH3 is 1. The molecule has 2 aromatic rings. The average Bonchev–Trinajstić information content (AvgIpc) is 2.48. The lowest BCUT2D eigenvalue weighted by Gasteiger charge is -2.13. The molecule has 0 atom stereocenters. The number of amides is 1. The van der Waals surface area contributed by atoms with Gasteiger partial charge in [0.1, 0.15) is 10.6 Å². The van der Waals surface area contributed by atoms with Gasteiger partial charge < -0.3 is 14.7 Å². The van der Waals surface area contributed by atoms with Crippen LogP contribution in [-0.2, 0) is 10.1 Å². The zero-order valence-corrected chi connectivity index (χ0v) is 13.8. The topological polar surface area (TPSA) is 95.7 Å². The minimum absolute atomic E-state index is 0.0377. The van der Waals surface area contributed by atoms with Gasteiger partial charge in [-0.05, 0) is 43.2 Å². The molecule has 0 bridgehead atoms. The van der Waals surface area contributed by atoms with Crippen LogP contribution in [0.4, 0.5) is 0 Å². The lowest BCUT2D eigenvalue weighted by atomic mass is 10.2. The van der Waals surface area contributed by atoms with E-state index in [4.69, 9.17) is 14.7 Å². The third kappa shape index (κ3) is 3.62. The second-order valence-corrected chi connectivity index (χ2v) is 6.55. The maximum atomic E-state index is 12.5. The molecule has 2 N–H and O–H groups in total. The minimum atomic E-state index is -4.11. The number of benzene rings is 2. The van der Waals surface area contributed by atoms with Crippen molar-refractivity contribution in [1.29, 1.82) is 0 Å². The zero-order valence-electron chi connectivity index (χ0n) is 13.0. The maximum absolute atomic E-state index is 12.5. The van der Waals surface area contributed by atoms with Crippen LogP contribution >= 0.6 is 0 Å². The van der Waals surface area contributed by atoms with Crippen LogP contribution < -0.4 is 14.7 Å². The van der Waals surface area contributed by atoms with Crippen LogP contribution in [0.5, 0.6) is 11.5 Å². The van der Waals surface area contributed by atoms with Gasteiger partial charge in [-0.2, -0.15) is 8.42 Å². The molecule has 2 rings (SSSR count). The van der Waals surface area contributed by atoms with Crippen molar-refractivity contribution >= 4 is 16.0 Å². The Morgan fingerprint density at radius 2 is 1.78 bits per heavy atom. The molecule has 0 aromatic heterocycles. The summed E-state index contributed by atoms with van der Waals surface area (Å²) >= 11 is 0. The molecule has 0 unspecified atom stereocenters. The first-order valence-corrected chi connectivity index (χ1v) is 8.15. The first-order chi connectivity index (χ1) is 10.7. The Hall–Kier alpha value is -2.54. The number of primary amides is 1. The average molecular weight is 335 g/mol. The van der Waals surface area contributed by atoms with E-state index < -0.39 is 16.0 Å². The van der Waals surface area contributed by atoms with Crippen LogP contribution in [0.1, 0.15) is 21.5 Å². The summed E-state index contributed by atoms with van der Waals surface area (Å²) in [5.41, 5.74) is 6.54. The van der Waals surface area contributed by atoms with Crippen molar-refractivity contribution < 1.29 is 22.1 Å². The molecule has 0 radical (unpaired) electrons. The summed E-state index contributed by atoms with van der Waals surface area (Å²) in [6, 6.07) is 9.16. The van der Waals surface area contributed by atoms with Gasteiger partial charge >= 0.3 is 10.1 Å². The summed E-state index contributed by atoms with van der Waals surface area (Å²) < 4.78 is 35.2. The Bertz CT molecular complexity index is 859. The van der Waals surface area contributed by atoms with E-state index in [0.717, 1.165) is 5.56 Å². The first kappa shape index (κ1) is 16.8. The summed E-state index contributed by atoms with van der Waals surface area (Å²) in [6.07, 6.45) is 0. The van der Waals surface area contributed by atoms with Gasteiger partial charge in [0.05, 0.1) is 12.7 Å². The number of nitrogens with two attached hydrogens (primary N) is 1. The van der Waals surface area contributed by atoms with Gasteiger partial charge in [-0.3, -0.25) is 4.79 Å². The van der Waals surface area contributed by atoms with Crippen molar-refractivity contribution in [2.75, 3.05) is 7.11 Å². The molecule has 0 aliphatic heterocycles. The molecule has 6 nitrogen and oxygen atoms in total. The predicted molar refractivity (Wildman–Crippen MR) is 85.2 cm³/mol. The van der Waals surface area contributed by atoms with Gasteiger partial charge in [-0.15, -0.1) is 0 Å². The highest BCUT2D eigenvalue weighted by molar-refractivity contribution is 7.87. The van der Waals surface area contributed by atoms with Crippen LogP contribution in [0.15, 0.2) is 41.3 Å². The normalized spacial score (nSPS) is 11.1. The fourth-order valence-electron chi connectivity index (χ4n) is 2.04.